The van der Waals surface area contributed by atoms with Gasteiger partial charge < -0.3 is 4.74 Å². The molecule has 1 aliphatic rings. The minimum Gasteiger partial charge on any atom is -0.493 e. The summed E-state index contributed by atoms with van der Waals surface area (Å²) in [6.07, 6.45) is 9.07. The Labute approximate surface area is 232 Å². The summed E-state index contributed by atoms with van der Waals surface area (Å²) >= 11 is 0. The lowest BCUT2D eigenvalue weighted by molar-refractivity contribution is 0.127. The molecule has 1 unspecified atom stereocenters. The first kappa shape index (κ1) is 28.8. The maximum atomic E-state index is 15.2. The third kappa shape index (κ3) is 6.34. The van der Waals surface area contributed by atoms with Crippen molar-refractivity contribution >= 4 is 9.24 Å². The molecule has 0 radical (unpaired) electrons. The van der Waals surface area contributed by atoms with Gasteiger partial charge in [-0.3, -0.25) is 0 Å². The summed E-state index contributed by atoms with van der Waals surface area (Å²) in [7, 11) is 2.85. The predicted octanol–water partition coefficient (Wildman–Crippen LogP) is 10.7. The van der Waals surface area contributed by atoms with Crippen LogP contribution in [0.3, 0.4) is 0 Å². The second-order valence-corrected chi connectivity index (χ2v) is 12.0. The van der Waals surface area contributed by atoms with Crippen molar-refractivity contribution in [1.29, 1.82) is 0 Å². The molecule has 4 rings (SSSR count). The average molecular weight is 533 g/mol. The average Bonchev–Trinajstić information content (AvgIpc) is 2.95. The first-order valence-corrected chi connectivity index (χ1v) is 15.5. The fourth-order valence-electron chi connectivity index (χ4n) is 6.06. The summed E-state index contributed by atoms with van der Waals surface area (Å²) in [5, 5.41) is 0. The summed E-state index contributed by atoms with van der Waals surface area (Å²) in [4.78, 5) is 0. The van der Waals surface area contributed by atoms with Gasteiger partial charge in [0, 0.05) is 11.0 Å². The molecule has 1 nitrogen and oxygen atoms in total. The molecule has 0 spiro atoms. The van der Waals surface area contributed by atoms with E-state index in [-0.39, 0.29) is 11.2 Å². The van der Waals surface area contributed by atoms with E-state index in [9.17, 15) is 0 Å². The monoisotopic (exact) mass is 532 g/mol. The van der Waals surface area contributed by atoms with Crippen molar-refractivity contribution in [1.82, 2.24) is 0 Å². The second-order valence-electron chi connectivity index (χ2n) is 11.6. The quantitative estimate of drug-likeness (QED) is 0.236. The van der Waals surface area contributed by atoms with E-state index in [4.69, 9.17) is 4.74 Å². The summed E-state index contributed by atoms with van der Waals surface area (Å²) in [5.41, 5.74) is 7.76. The first-order chi connectivity index (χ1) is 18.3. The third-order valence-electron chi connectivity index (χ3n) is 9.40. The molecule has 0 saturated heterocycles. The van der Waals surface area contributed by atoms with Crippen molar-refractivity contribution in [2.24, 2.45) is 11.3 Å². The van der Waals surface area contributed by atoms with Crippen LogP contribution in [0.4, 0.5) is 4.39 Å². The molecule has 1 saturated carbocycles. The maximum Gasteiger partial charge on any atom is 0.131 e. The van der Waals surface area contributed by atoms with E-state index in [1.807, 2.05) is 6.07 Å². The van der Waals surface area contributed by atoms with E-state index in [1.165, 1.54) is 42.4 Å². The predicted molar refractivity (Wildman–Crippen MR) is 165 cm³/mol. The normalized spacial score (nSPS) is 18.0. The van der Waals surface area contributed by atoms with Crippen molar-refractivity contribution in [3.8, 4) is 28.0 Å². The zero-order valence-corrected chi connectivity index (χ0v) is 25.2. The minimum atomic E-state index is -0.112. The van der Waals surface area contributed by atoms with Crippen LogP contribution >= 0.6 is 9.24 Å². The van der Waals surface area contributed by atoms with Crippen LogP contribution in [0.5, 0.6) is 5.75 Å². The van der Waals surface area contributed by atoms with E-state index < -0.39 is 0 Å². The van der Waals surface area contributed by atoms with Crippen molar-refractivity contribution < 1.29 is 9.13 Å². The maximum absolute atomic E-state index is 15.2. The molecule has 1 aliphatic carbocycles. The third-order valence-corrected chi connectivity index (χ3v) is 9.84. The van der Waals surface area contributed by atoms with E-state index in [2.05, 4.69) is 86.3 Å². The molecule has 0 aliphatic heterocycles. The van der Waals surface area contributed by atoms with Gasteiger partial charge in [-0.1, -0.05) is 76.9 Å². The zero-order valence-electron chi connectivity index (χ0n) is 24.1. The molecule has 1 atom stereocenters. The van der Waals surface area contributed by atoms with Crippen LogP contribution in [-0.4, -0.2) is 6.61 Å². The summed E-state index contributed by atoms with van der Waals surface area (Å²) in [6.45, 7) is 12.0. The van der Waals surface area contributed by atoms with E-state index in [0.717, 1.165) is 60.4 Å². The summed E-state index contributed by atoms with van der Waals surface area (Å²) in [6, 6.07) is 18.7. The molecular formula is C35H46FOP. The van der Waals surface area contributed by atoms with Gasteiger partial charge in [0.15, 0.2) is 0 Å². The SMILES string of the molecule is CCC(CC)(CC)COc1cc(C)c(-c2ccc(-c3ccc(C4CCC(C)CC4)cc3F)cc2)cc1CP. The minimum absolute atomic E-state index is 0.112. The van der Waals surface area contributed by atoms with Gasteiger partial charge in [0.25, 0.3) is 0 Å². The van der Waals surface area contributed by atoms with Gasteiger partial charge in [0.2, 0.25) is 0 Å². The highest BCUT2D eigenvalue weighted by Gasteiger charge is 2.25. The van der Waals surface area contributed by atoms with Gasteiger partial charge in [-0.15, -0.1) is 9.24 Å². The first-order valence-electron chi connectivity index (χ1n) is 14.7. The zero-order chi connectivity index (χ0) is 27.3. The van der Waals surface area contributed by atoms with Gasteiger partial charge in [0.05, 0.1) is 6.61 Å². The molecule has 3 aromatic rings. The van der Waals surface area contributed by atoms with Crippen LogP contribution in [-0.2, 0) is 6.16 Å². The molecular weight excluding hydrogens is 486 g/mol. The van der Waals surface area contributed by atoms with Gasteiger partial charge in [-0.25, -0.2) is 4.39 Å². The van der Waals surface area contributed by atoms with Crippen LogP contribution in [0.2, 0.25) is 0 Å². The smallest absolute Gasteiger partial charge is 0.131 e. The molecule has 38 heavy (non-hydrogen) atoms. The molecule has 3 aromatic carbocycles. The molecule has 204 valence electrons. The molecule has 1 fully saturated rings. The van der Waals surface area contributed by atoms with Crippen LogP contribution in [0.25, 0.3) is 22.3 Å². The highest BCUT2D eigenvalue weighted by molar-refractivity contribution is 7.15. The standard InChI is InChI=1S/C35H46FOP/c1-6-35(7-2,8-3)23-37-34-19-25(5)32(20-30(34)22-38)28-15-13-27(14-16-28)31-18-17-29(21-33(31)36)26-11-9-24(4)10-12-26/h13-21,24,26H,6-12,22-23,38H2,1-5H3. The molecule has 0 bridgehead atoms. The Morgan fingerprint density at radius 3 is 2.00 bits per heavy atom. The van der Waals surface area contributed by atoms with Crippen LogP contribution < -0.4 is 4.74 Å². The summed E-state index contributed by atoms with van der Waals surface area (Å²) < 4.78 is 21.6. The van der Waals surface area contributed by atoms with Crippen molar-refractivity contribution in [2.75, 3.05) is 6.61 Å². The van der Waals surface area contributed by atoms with Crippen molar-refractivity contribution in [3.05, 3.63) is 77.1 Å². The number of rotatable bonds is 10. The topological polar surface area (TPSA) is 9.23 Å². The number of hydrogen-bond acceptors (Lipinski definition) is 1. The van der Waals surface area contributed by atoms with Crippen LogP contribution in [0, 0.1) is 24.1 Å². The second kappa shape index (κ2) is 12.8. The molecule has 0 heterocycles. The highest BCUT2D eigenvalue weighted by Crippen LogP contribution is 2.38. The Morgan fingerprint density at radius 1 is 0.842 bits per heavy atom. The number of ether oxygens (including phenoxy) is 1. The number of benzene rings is 3. The van der Waals surface area contributed by atoms with Gasteiger partial charge in [0.1, 0.15) is 11.6 Å². The Hall–Kier alpha value is -2.18. The van der Waals surface area contributed by atoms with Gasteiger partial charge >= 0.3 is 0 Å². The largest absolute Gasteiger partial charge is 0.493 e. The highest BCUT2D eigenvalue weighted by atomic mass is 31.0. The number of halogens is 1. The number of hydrogen-bond donors (Lipinski definition) is 0. The number of aryl methyl sites for hydroxylation is 1. The lowest BCUT2D eigenvalue weighted by Gasteiger charge is -2.30. The Balaban J connectivity index is 1.53. The molecule has 0 N–H and O–H groups in total. The fraction of sp³-hybridized carbons (Fsp3) is 0.486. The molecule has 0 aromatic heterocycles. The lowest BCUT2D eigenvalue weighted by Crippen LogP contribution is -2.26. The Kier molecular flexibility index (Phi) is 9.69. The van der Waals surface area contributed by atoms with Crippen molar-refractivity contribution in [2.45, 2.75) is 91.6 Å². The fourth-order valence-corrected chi connectivity index (χ4v) is 6.38. The van der Waals surface area contributed by atoms with Crippen LogP contribution in [0.1, 0.15) is 95.2 Å². The van der Waals surface area contributed by atoms with Gasteiger partial charge in [-0.2, -0.15) is 0 Å². The van der Waals surface area contributed by atoms with E-state index in [1.54, 1.807) is 6.07 Å². The van der Waals surface area contributed by atoms with Crippen molar-refractivity contribution in [3.63, 3.8) is 0 Å². The lowest BCUT2D eigenvalue weighted by atomic mass is 9.79. The van der Waals surface area contributed by atoms with E-state index >= 15 is 4.39 Å². The van der Waals surface area contributed by atoms with Crippen LogP contribution in [0.15, 0.2) is 54.6 Å². The molecule has 3 heteroatoms. The Morgan fingerprint density at radius 2 is 1.45 bits per heavy atom. The molecule has 0 amide bonds. The van der Waals surface area contributed by atoms with Gasteiger partial charge in [-0.05, 0) is 109 Å². The van der Waals surface area contributed by atoms with E-state index in [0.29, 0.717) is 11.5 Å². The Bertz CT molecular complexity index is 1200. The summed E-state index contributed by atoms with van der Waals surface area (Å²) in [5.74, 6) is 2.18.